The van der Waals surface area contributed by atoms with E-state index in [1.165, 1.54) is 4.57 Å². The van der Waals surface area contributed by atoms with E-state index in [4.69, 9.17) is 11.1 Å². The first-order chi connectivity index (χ1) is 16.1. The van der Waals surface area contributed by atoms with Crippen molar-refractivity contribution in [3.8, 4) is 23.0 Å². The highest BCUT2D eigenvalue weighted by Crippen LogP contribution is 2.34. The van der Waals surface area contributed by atoms with Gasteiger partial charge in [0.05, 0.1) is 11.4 Å². The van der Waals surface area contributed by atoms with Crippen molar-refractivity contribution in [3.63, 3.8) is 0 Å². The van der Waals surface area contributed by atoms with Gasteiger partial charge in [-0.1, -0.05) is 36.4 Å². The first-order valence-corrected chi connectivity index (χ1v) is 10.6. The number of nitrogens with one attached hydrogen (secondary N) is 5. The number of nitrogens with zero attached hydrogens (tertiary/aromatic N) is 2. The fraction of sp³-hybridized carbons (Fsp3) is 0.125. The van der Waals surface area contributed by atoms with Gasteiger partial charge in [0.2, 0.25) is 0 Å². The van der Waals surface area contributed by atoms with Crippen molar-refractivity contribution in [1.29, 1.82) is 10.7 Å². The standard InChI is InChI=1S/C24H22N8O/c25-12-19-22(31-24(33)32(19)20-13-29-16-8-3-1-6-14(16)20)21-15-7-2-4-9-17(15)30-18(21)10-5-11-28-23(26)27/h1-4,6-9,13,29-30H,5,10-11H2,(H,31,33)(H4,26,27,28). The molecule has 0 saturated heterocycles. The predicted octanol–water partition coefficient (Wildman–Crippen LogP) is 3.08. The lowest BCUT2D eigenvalue weighted by Crippen LogP contribution is -2.31. The third-order valence-electron chi connectivity index (χ3n) is 5.76. The Kier molecular flexibility index (Phi) is 4.95. The summed E-state index contributed by atoms with van der Waals surface area (Å²) in [5.41, 5.74) is 9.89. The topological polar surface area (TPSA) is 155 Å². The van der Waals surface area contributed by atoms with Crippen LogP contribution in [0.3, 0.4) is 0 Å². The summed E-state index contributed by atoms with van der Waals surface area (Å²) in [7, 11) is 0. The van der Waals surface area contributed by atoms with Crippen LogP contribution in [-0.4, -0.2) is 32.0 Å². The number of aromatic amines is 3. The van der Waals surface area contributed by atoms with Crippen LogP contribution in [0.2, 0.25) is 0 Å². The monoisotopic (exact) mass is 438 g/mol. The molecule has 5 aromatic rings. The van der Waals surface area contributed by atoms with E-state index in [2.05, 4.69) is 26.3 Å². The van der Waals surface area contributed by atoms with Gasteiger partial charge in [-0.15, -0.1) is 0 Å². The van der Waals surface area contributed by atoms with Crippen molar-refractivity contribution in [2.75, 3.05) is 6.54 Å². The van der Waals surface area contributed by atoms with Crippen LogP contribution >= 0.6 is 0 Å². The van der Waals surface area contributed by atoms with Gasteiger partial charge in [0.1, 0.15) is 6.07 Å². The van der Waals surface area contributed by atoms with E-state index >= 15 is 0 Å². The summed E-state index contributed by atoms with van der Waals surface area (Å²) in [6.45, 7) is 0.544. The van der Waals surface area contributed by atoms with E-state index in [0.717, 1.165) is 33.1 Å². The van der Waals surface area contributed by atoms with Crippen molar-refractivity contribution in [1.82, 2.24) is 24.8 Å². The summed E-state index contributed by atoms with van der Waals surface area (Å²) in [6, 6.07) is 17.7. The lowest BCUT2D eigenvalue weighted by atomic mass is 10.0. The van der Waals surface area contributed by atoms with Gasteiger partial charge in [-0.2, -0.15) is 5.26 Å². The molecule has 0 aliphatic heterocycles. The summed E-state index contributed by atoms with van der Waals surface area (Å²) in [4.78, 5) is 22.7. The Morgan fingerprint density at radius 3 is 2.58 bits per heavy atom. The molecule has 7 N–H and O–H groups in total. The minimum atomic E-state index is -0.374. The molecule has 9 heteroatoms. The van der Waals surface area contributed by atoms with E-state index in [9.17, 15) is 10.1 Å². The fourth-order valence-corrected chi connectivity index (χ4v) is 4.35. The highest BCUT2D eigenvalue weighted by atomic mass is 16.1. The number of H-pyrrole nitrogens is 3. The number of hydrogen-bond acceptors (Lipinski definition) is 3. The second-order valence-corrected chi connectivity index (χ2v) is 7.79. The van der Waals surface area contributed by atoms with Gasteiger partial charge in [0.15, 0.2) is 11.7 Å². The van der Waals surface area contributed by atoms with E-state index in [0.29, 0.717) is 30.8 Å². The highest BCUT2D eigenvalue weighted by Gasteiger charge is 2.23. The number of aryl methyl sites for hydroxylation is 1. The smallest absolute Gasteiger partial charge is 0.331 e. The van der Waals surface area contributed by atoms with Gasteiger partial charge in [-0.05, 0) is 25.0 Å². The molecule has 0 bridgehead atoms. The van der Waals surface area contributed by atoms with Gasteiger partial charge < -0.3 is 26.0 Å². The van der Waals surface area contributed by atoms with Gasteiger partial charge >= 0.3 is 5.69 Å². The maximum Gasteiger partial charge on any atom is 0.331 e. The van der Waals surface area contributed by atoms with Crippen LogP contribution in [0.5, 0.6) is 0 Å². The quantitative estimate of drug-likeness (QED) is 0.137. The van der Waals surface area contributed by atoms with Crippen LogP contribution in [0.15, 0.2) is 59.5 Å². The Bertz CT molecular complexity index is 1590. The number of para-hydroxylation sites is 2. The molecule has 0 atom stereocenters. The first kappa shape index (κ1) is 20.2. The third-order valence-corrected chi connectivity index (χ3v) is 5.76. The first-order valence-electron chi connectivity index (χ1n) is 10.6. The van der Waals surface area contributed by atoms with E-state index in [1.54, 1.807) is 6.20 Å². The second kappa shape index (κ2) is 8.09. The van der Waals surface area contributed by atoms with Crippen LogP contribution in [0.4, 0.5) is 0 Å². The van der Waals surface area contributed by atoms with Gasteiger partial charge in [-0.25, -0.2) is 9.36 Å². The van der Waals surface area contributed by atoms with Crippen molar-refractivity contribution in [3.05, 3.63) is 76.6 Å². The van der Waals surface area contributed by atoms with Crippen LogP contribution in [0.25, 0.3) is 38.8 Å². The molecule has 0 aliphatic rings. The number of fused-ring (bicyclic) bond motifs is 2. The van der Waals surface area contributed by atoms with Crippen LogP contribution in [0, 0.1) is 16.7 Å². The Morgan fingerprint density at radius 1 is 1.09 bits per heavy atom. The molecular weight excluding hydrogens is 416 g/mol. The Hall–Kier alpha value is -4.71. The molecule has 0 radical (unpaired) electrons. The molecule has 2 aromatic carbocycles. The molecule has 5 rings (SSSR count). The molecule has 0 unspecified atom stereocenters. The van der Waals surface area contributed by atoms with E-state index < -0.39 is 0 Å². The number of benzene rings is 2. The number of nitrogens with two attached hydrogens (primary N) is 1. The minimum absolute atomic E-state index is 0.0706. The highest BCUT2D eigenvalue weighted by molar-refractivity contribution is 5.98. The zero-order valence-electron chi connectivity index (χ0n) is 17.7. The summed E-state index contributed by atoms with van der Waals surface area (Å²) in [6.07, 6.45) is 3.11. The summed E-state index contributed by atoms with van der Waals surface area (Å²) >= 11 is 0. The van der Waals surface area contributed by atoms with Gasteiger partial charge in [0.25, 0.3) is 0 Å². The summed E-state index contributed by atoms with van der Waals surface area (Å²) < 4.78 is 1.43. The molecule has 0 saturated carbocycles. The summed E-state index contributed by atoms with van der Waals surface area (Å²) in [5.74, 6) is -0.0706. The van der Waals surface area contributed by atoms with Crippen LogP contribution in [-0.2, 0) is 6.42 Å². The Morgan fingerprint density at radius 2 is 1.82 bits per heavy atom. The Balaban J connectivity index is 1.67. The Labute approximate surface area is 188 Å². The van der Waals surface area contributed by atoms with Crippen molar-refractivity contribution in [2.45, 2.75) is 12.8 Å². The van der Waals surface area contributed by atoms with Crippen LogP contribution in [0.1, 0.15) is 17.8 Å². The lowest BCUT2D eigenvalue weighted by Gasteiger charge is -2.06. The average Bonchev–Trinajstić information content (AvgIpc) is 3.48. The number of guanidine groups is 1. The zero-order chi connectivity index (χ0) is 22.9. The fourth-order valence-electron chi connectivity index (χ4n) is 4.35. The zero-order valence-corrected chi connectivity index (χ0v) is 17.7. The number of nitriles is 1. The van der Waals surface area contributed by atoms with Crippen molar-refractivity contribution < 1.29 is 0 Å². The molecule has 3 aromatic heterocycles. The summed E-state index contributed by atoms with van der Waals surface area (Å²) in [5, 5.41) is 22.0. The van der Waals surface area contributed by atoms with E-state index in [1.807, 2.05) is 48.5 Å². The number of hydrogen-bond donors (Lipinski definition) is 6. The van der Waals surface area contributed by atoms with E-state index in [-0.39, 0.29) is 17.3 Å². The van der Waals surface area contributed by atoms with Crippen molar-refractivity contribution >= 4 is 27.8 Å². The van der Waals surface area contributed by atoms with Crippen LogP contribution < -0.4 is 16.7 Å². The number of imidazole rings is 1. The lowest BCUT2D eigenvalue weighted by molar-refractivity contribution is 0.758. The molecule has 0 spiro atoms. The molecule has 164 valence electrons. The number of aromatic nitrogens is 4. The second-order valence-electron chi connectivity index (χ2n) is 7.79. The largest absolute Gasteiger partial charge is 0.370 e. The van der Waals surface area contributed by atoms with Gasteiger partial charge in [0, 0.05) is 45.8 Å². The molecular formula is C24H22N8O. The van der Waals surface area contributed by atoms with Crippen molar-refractivity contribution in [2.24, 2.45) is 5.73 Å². The minimum Gasteiger partial charge on any atom is -0.370 e. The molecule has 0 aliphatic carbocycles. The van der Waals surface area contributed by atoms with Gasteiger partial charge in [-0.3, -0.25) is 5.41 Å². The normalized spacial score (nSPS) is 11.1. The maximum absolute atomic E-state index is 13.1. The third kappa shape index (κ3) is 3.43. The molecule has 0 fully saturated rings. The maximum atomic E-state index is 13.1. The molecule has 33 heavy (non-hydrogen) atoms. The SMILES string of the molecule is N#Cc1c(-c2c(CCCNC(=N)N)[nH]c3ccccc23)[nH]c(=O)n1-c1c[nH]c2ccccc12. The average molecular weight is 438 g/mol. The predicted molar refractivity (Wildman–Crippen MR) is 128 cm³/mol. The molecule has 9 nitrogen and oxygen atoms in total. The molecule has 3 heterocycles. The number of rotatable bonds is 6. The molecule has 0 amide bonds.